The molecule has 34 heavy (non-hydrogen) atoms. The van der Waals surface area contributed by atoms with E-state index in [0.717, 1.165) is 17.5 Å². The maximum Gasteiger partial charge on any atom is 0.261 e. The Balaban J connectivity index is 1.94. The molecule has 2 aromatic carbocycles. The first-order valence-corrected chi connectivity index (χ1v) is 12.6. The predicted molar refractivity (Wildman–Crippen MR) is 137 cm³/mol. The second-order valence-corrected chi connectivity index (χ2v) is 10.3. The third-order valence-corrected chi connectivity index (χ3v) is 6.27. The molecule has 0 bridgehead atoms. The summed E-state index contributed by atoms with van der Waals surface area (Å²) in [6.07, 6.45) is 1.38. The average molecular weight is 465 g/mol. The molecule has 0 saturated carbocycles. The minimum Gasteiger partial charge on any atom is -0.481 e. The van der Waals surface area contributed by atoms with Gasteiger partial charge in [0.1, 0.15) is 5.75 Å². The lowest BCUT2D eigenvalue weighted by Crippen LogP contribution is -2.41. The van der Waals surface area contributed by atoms with Crippen molar-refractivity contribution in [3.8, 4) is 5.75 Å². The van der Waals surface area contributed by atoms with Crippen molar-refractivity contribution in [1.82, 2.24) is 10.2 Å². The van der Waals surface area contributed by atoms with Crippen molar-refractivity contribution >= 4 is 11.8 Å². The lowest BCUT2D eigenvalue weighted by molar-refractivity contribution is -0.134. The van der Waals surface area contributed by atoms with Crippen LogP contribution in [0.25, 0.3) is 0 Å². The van der Waals surface area contributed by atoms with E-state index in [1.54, 1.807) is 0 Å². The monoisotopic (exact) mass is 464 g/mol. The molecule has 2 amide bonds. The highest BCUT2D eigenvalue weighted by atomic mass is 16.5. The van der Waals surface area contributed by atoms with Gasteiger partial charge in [0.2, 0.25) is 5.91 Å². The number of hydrogen-bond donors (Lipinski definition) is 1. The Morgan fingerprint density at radius 3 is 2.38 bits per heavy atom. The van der Waals surface area contributed by atoms with Crippen LogP contribution in [0.3, 0.4) is 0 Å². The summed E-state index contributed by atoms with van der Waals surface area (Å²) in [4.78, 5) is 27.9. The number of rotatable bonds is 9. The van der Waals surface area contributed by atoms with Crippen LogP contribution >= 0.6 is 0 Å². The molecule has 1 N–H and O–H groups in total. The van der Waals surface area contributed by atoms with Gasteiger partial charge in [-0.1, -0.05) is 70.5 Å². The molecule has 0 fully saturated rings. The van der Waals surface area contributed by atoms with E-state index >= 15 is 0 Å². The second kappa shape index (κ2) is 11.5. The van der Waals surface area contributed by atoms with Crippen LogP contribution in [0.5, 0.6) is 5.75 Å². The number of hydrogen-bond acceptors (Lipinski definition) is 3. The Morgan fingerprint density at radius 1 is 1.06 bits per heavy atom. The van der Waals surface area contributed by atoms with E-state index in [0.29, 0.717) is 43.5 Å². The number of amides is 2. The van der Waals surface area contributed by atoms with Crippen LogP contribution in [-0.4, -0.2) is 35.9 Å². The maximum atomic E-state index is 13.2. The van der Waals surface area contributed by atoms with Crippen LogP contribution < -0.4 is 10.1 Å². The Labute approximate surface area is 204 Å². The fourth-order valence-corrected chi connectivity index (χ4v) is 4.41. The van der Waals surface area contributed by atoms with Crippen LogP contribution in [-0.2, 0) is 16.0 Å². The number of benzene rings is 2. The molecular formula is C29H40N2O3. The number of nitrogens with zero attached hydrogens (tertiary/aromatic N) is 1. The number of fused-ring (bicyclic) bond motifs is 1. The summed E-state index contributed by atoms with van der Waals surface area (Å²) in [7, 11) is 0. The largest absolute Gasteiger partial charge is 0.481 e. The summed E-state index contributed by atoms with van der Waals surface area (Å²) in [5.74, 6) is 1.45. The van der Waals surface area contributed by atoms with E-state index in [4.69, 9.17) is 4.74 Å². The Hall–Kier alpha value is -2.82. The molecule has 2 atom stereocenters. The summed E-state index contributed by atoms with van der Waals surface area (Å²) >= 11 is 0. The molecule has 5 heteroatoms. The van der Waals surface area contributed by atoms with Crippen LogP contribution in [0.2, 0.25) is 0 Å². The zero-order valence-electron chi connectivity index (χ0n) is 21.6. The first-order valence-electron chi connectivity index (χ1n) is 12.6. The summed E-state index contributed by atoms with van der Waals surface area (Å²) in [5, 5.41) is 2.98. The minimum atomic E-state index is -0.545. The van der Waals surface area contributed by atoms with Crippen LogP contribution in [0, 0.1) is 18.8 Å². The third kappa shape index (κ3) is 6.40. The highest BCUT2D eigenvalue weighted by Crippen LogP contribution is 2.38. The zero-order chi connectivity index (χ0) is 24.8. The van der Waals surface area contributed by atoms with E-state index in [1.165, 1.54) is 11.1 Å². The lowest BCUT2D eigenvalue weighted by Gasteiger charge is -2.38. The van der Waals surface area contributed by atoms with Gasteiger partial charge in [-0.3, -0.25) is 9.59 Å². The predicted octanol–water partition coefficient (Wildman–Crippen LogP) is 5.44. The molecule has 184 valence electrons. The first-order chi connectivity index (χ1) is 16.2. The highest BCUT2D eigenvalue weighted by molar-refractivity contribution is 5.81. The SMILES string of the molecule is CC[C@H](Oc1ccc2c(c1)[C@@H](c1ccc(C)cc1)N(C(=O)CC(C)C)CC2)C(=O)NCC(C)C. The van der Waals surface area contributed by atoms with Crippen LogP contribution in [0.1, 0.15) is 75.8 Å². The van der Waals surface area contributed by atoms with Crippen molar-refractivity contribution < 1.29 is 14.3 Å². The number of carbonyl (C=O) groups excluding carboxylic acids is 2. The molecule has 5 nitrogen and oxygen atoms in total. The normalized spacial score (nSPS) is 16.4. The molecule has 2 aromatic rings. The van der Waals surface area contributed by atoms with Crippen molar-refractivity contribution in [3.05, 3.63) is 64.7 Å². The number of ether oxygens (including phenoxy) is 1. The molecule has 0 aromatic heterocycles. The summed E-state index contributed by atoms with van der Waals surface area (Å²) in [6, 6.07) is 14.4. The van der Waals surface area contributed by atoms with Crippen molar-refractivity contribution in [3.63, 3.8) is 0 Å². The average Bonchev–Trinajstić information content (AvgIpc) is 2.80. The van der Waals surface area contributed by atoms with Crippen molar-refractivity contribution in [2.24, 2.45) is 11.8 Å². The topological polar surface area (TPSA) is 58.6 Å². The first kappa shape index (κ1) is 25.8. The van der Waals surface area contributed by atoms with Crippen LogP contribution in [0.15, 0.2) is 42.5 Å². The Morgan fingerprint density at radius 2 is 1.76 bits per heavy atom. The zero-order valence-corrected chi connectivity index (χ0v) is 21.6. The van der Waals surface area contributed by atoms with Crippen molar-refractivity contribution in [2.45, 2.75) is 73.0 Å². The van der Waals surface area contributed by atoms with Crippen molar-refractivity contribution in [2.75, 3.05) is 13.1 Å². The van der Waals surface area contributed by atoms with Gasteiger partial charge in [-0.15, -0.1) is 0 Å². The van der Waals surface area contributed by atoms with E-state index in [-0.39, 0.29) is 17.9 Å². The van der Waals surface area contributed by atoms with E-state index in [1.807, 2.05) is 24.0 Å². The second-order valence-electron chi connectivity index (χ2n) is 10.3. The molecule has 0 aliphatic carbocycles. The molecule has 1 heterocycles. The molecule has 1 aliphatic heterocycles. The maximum absolute atomic E-state index is 13.2. The smallest absolute Gasteiger partial charge is 0.261 e. The molecule has 0 saturated heterocycles. The Kier molecular flexibility index (Phi) is 8.76. The van der Waals surface area contributed by atoms with E-state index in [9.17, 15) is 9.59 Å². The van der Waals surface area contributed by atoms with Gasteiger partial charge in [-0.25, -0.2) is 0 Å². The van der Waals surface area contributed by atoms with E-state index < -0.39 is 6.10 Å². The molecule has 0 spiro atoms. The van der Waals surface area contributed by atoms with Crippen LogP contribution in [0.4, 0.5) is 0 Å². The quantitative estimate of drug-likeness (QED) is 0.537. The van der Waals surface area contributed by atoms with Crippen molar-refractivity contribution in [1.29, 1.82) is 0 Å². The molecule has 1 aliphatic rings. The van der Waals surface area contributed by atoms with Gasteiger partial charge >= 0.3 is 0 Å². The lowest BCUT2D eigenvalue weighted by atomic mass is 9.87. The highest BCUT2D eigenvalue weighted by Gasteiger charge is 2.33. The Bertz CT molecular complexity index is 981. The number of carbonyl (C=O) groups is 2. The standard InChI is InChI=1S/C29H40N2O3/c1-7-26(29(33)30-18-20(4)5)34-24-13-12-22-14-15-31(27(32)16-19(2)3)28(25(22)17-24)23-10-8-21(6)9-11-23/h8-13,17,19-20,26,28H,7,14-16,18H2,1-6H3,(H,30,33)/t26-,28+/m0/s1. The number of nitrogens with one attached hydrogen (secondary N) is 1. The minimum absolute atomic E-state index is 0.0854. The van der Waals surface area contributed by atoms with Gasteiger partial charge in [0.15, 0.2) is 6.10 Å². The van der Waals surface area contributed by atoms with Gasteiger partial charge in [-0.05, 0) is 60.4 Å². The van der Waals surface area contributed by atoms with Gasteiger partial charge < -0.3 is 15.0 Å². The third-order valence-electron chi connectivity index (χ3n) is 6.27. The fourth-order valence-electron chi connectivity index (χ4n) is 4.41. The van der Waals surface area contributed by atoms with Gasteiger partial charge in [-0.2, -0.15) is 0 Å². The fraction of sp³-hybridized carbons (Fsp3) is 0.517. The molecular weight excluding hydrogens is 424 g/mol. The van der Waals surface area contributed by atoms with Gasteiger partial charge in [0.25, 0.3) is 5.91 Å². The molecule has 0 radical (unpaired) electrons. The summed E-state index contributed by atoms with van der Waals surface area (Å²) in [5.41, 5.74) is 4.60. The van der Waals surface area contributed by atoms with E-state index in [2.05, 4.69) is 70.3 Å². The van der Waals surface area contributed by atoms with Gasteiger partial charge in [0, 0.05) is 19.5 Å². The number of aryl methyl sites for hydroxylation is 1. The van der Waals surface area contributed by atoms with Gasteiger partial charge in [0.05, 0.1) is 6.04 Å². The molecule has 0 unspecified atom stereocenters. The summed E-state index contributed by atoms with van der Waals surface area (Å²) in [6.45, 7) is 13.7. The molecule has 3 rings (SSSR count). The summed E-state index contributed by atoms with van der Waals surface area (Å²) < 4.78 is 6.17.